The first-order valence-electron chi connectivity index (χ1n) is 5.55. The Morgan fingerprint density at radius 1 is 1.29 bits per heavy atom. The highest BCUT2D eigenvalue weighted by atomic mass is 16.5. The van der Waals surface area contributed by atoms with E-state index in [1.165, 1.54) is 0 Å². The molecule has 3 heteroatoms. The fourth-order valence-corrected chi connectivity index (χ4v) is 1.74. The first kappa shape index (κ1) is 11.5. The summed E-state index contributed by atoms with van der Waals surface area (Å²) in [4.78, 5) is 11.3. The maximum Gasteiger partial charge on any atom is 0.310 e. The van der Waals surface area contributed by atoms with Crippen molar-refractivity contribution in [2.75, 3.05) is 0 Å². The van der Waals surface area contributed by atoms with Crippen molar-refractivity contribution in [3.63, 3.8) is 0 Å². The van der Waals surface area contributed by atoms with E-state index in [2.05, 4.69) is 0 Å². The van der Waals surface area contributed by atoms with Crippen LogP contribution >= 0.6 is 0 Å². The lowest BCUT2D eigenvalue weighted by Gasteiger charge is -2.10. The third-order valence-electron chi connectivity index (χ3n) is 2.68. The minimum Gasteiger partial charge on any atom is -0.507 e. The lowest BCUT2D eigenvalue weighted by molar-refractivity contribution is -0.133. The molecule has 0 aliphatic heterocycles. The largest absolute Gasteiger partial charge is 0.507 e. The summed E-state index contributed by atoms with van der Waals surface area (Å²) < 4.78 is 5.26. The van der Waals surface area contributed by atoms with Crippen molar-refractivity contribution in [3.05, 3.63) is 35.9 Å². The highest BCUT2D eigenvalue weighted by Gasteiger charge is 2.11. The standard InChI is InChI=1S/C14H14O3/c1-3-13(15)17-12-8-9(2)14(16)11-7-5-4-6-10(11)12/h4-8,16H,3H2,1-2H3. The highest BCUT2D eigenvalue weighted by Crippen LogP contribution is 2.35. The van der Waals surface area contributed by atoms with E-state index in [9.17, 15) is 9.90 Å². The van der Waals surface area contributed by atoms with Gasteiger partial charge in [0.15, 0.2) is 0 Å². The number of ether oxygens (including phenoxy) is 1. The number of carbonyl (C=O) groups excluding carboxylic acids is 1. The summed E-state index contributed by atoms with van der Waals surface area (Å²) in [5.41, 5.74) is 0.697. The molecule has 0 heterocycles. The monoisotopic (exact) mass is 230 g/mol. The molecule has 0 aromatic heterocycles. The van der Waals surface area contributed by atoms with Gasteiger partial charge in [-0.1, -0.05) is 31.2 Å². The first-order valence-corrected chi connectivity index (χ1v) is 5.55. The van der Waals surface area contributed by atoms with Gasteiger partial charge in [0, 0.05) is 17.2 Å². The number of aryl methyl sites for hydroxylation is 1. The van der Waals surface area contributed by atoms with Crippen molar-refractivity contribution in [1.29, 1.82) is 0 Å². The van der Waals surface area contributed by atoms with E-state index < -0.39 is 0 Å². The van der Waals surface area contributed by atoms with E-state index in [0.717, 1.165) is 5.39 Å². The van der Waals surface area contributed by atoms with E-state index in [1.54, 1.807) is 26.0 Å². The highest BCUT2D eigenvalue weighted by molar-refractivity contribution is 5.95. The lowest BCUT2D eigenvalue weighted by atomic mass is 10.1. The molecule has 2 aromatic rings. The predicted octanol–water partition coefficient (Wildman–Crippen LogP) is 3.17. The molecule has 0 spiro atoms. The van der Waals surface area contributed by atoms with Crippen LogP contribution in [0, 0.1) is 6.92 Å². The summed E-state index contributed by atoms with van der Waals surface area (Å²) in [6.45, 7) is 3.53. The van der Waals surface area contributed by atoms with Gasteiger partial charge in [-0.2, -0.15) is 0 Å². The normalized spacial score (nSPS) is 10.5. The molecule has 17 heavy (non-hydrogen) atoms. The van der Waals surface area contributed by atoms with Crippen LogP contribution in [0.25, 0.3) is 10.8 Å². The number of hydrogen-bond donors (Lipinski definition) is 1. The summed E-state index contributed by atoms with van der Waals surface area (Å²) in [7, 11) is 0. The molecule has 2 rings (SSSR count). The average Bonchev–Trinajstić information content (AvgIpc) is 2.35. The Morgan fingerprint density at radius 3 is 2.59 bits per heavy atom. The Bertz CT molecular complexity index is 573. The second-order valence-corrected chi connectivity index (χ2v) is 3.91. The Morgan fingerprint density at radius 2 is 1.94 bits per heavy atom. The fraction of sp³-hybridized carbons (Fsp3) is 0.214. The second-order valence-electron chi connectivity index (χ2n) is 3.91. The number of phenols is 1. The van der Waals surface area contributed by atoms with E-state index in [-0.39, 0.29) is 11.7 Å². The lowest BCUT2D eigenvalue weighted by Crippen LogP contribution is -2.06. The number of rotatable bonds is 2. The number of fused-ring (bicyclic) bond motifs is 1. The van der Waals surface area contributed by atoms with Crippen LogP contribution in [0.1, 0.15) is 18.9 Å². The number of aromatic hydroxyl groups is 1. The molecule has 0 saturated heterocycles. The van der Waals surface area contributed by atoms with Gasteiger partial charge in [0.25, 0.3) is 0 Å². The number of phenolic OH excluding ortho intramolecular Hbond substituents is 1. The summed E-state index contributed by atoms with van der Waals surface area (Å²) in [6.07, 6.45) is 0.328. The van der Waals surface area contributed by atoms with Crippen LogP contribution in [0.3, 0.4) is 0 Å². The van der Waals surface area contributed by atoms with Crippen LogP contribution < -0.4 is 4.74 Å². The predicted molar refractivity (Wildman–Crippen MR) is 66.3 cm³/mol. The summed E-state index contributed by atoms with van der Waals surface area (Å²) in [6, 6.07) is 9.01. The van der Waals surface area contributed by atoms with Crippen molar-refractivity contribution >= 4 is 16.7 Å². The zero-order valence-electron chi connectivity index (χ0n) is 9.86. The topological polar surface area (TPSA) is 46.5 Å². The number of hydrogen-bond acceptors (Lipinski definition) is 3. The van der Waals surface area contributed by atoms with E-state index in [4.69, 9.17) is 4.74 Å². The molecule has 2 aromatic carbocycles. The molecule has 0 fully saturated rings. The third-order valence-corrected chi connectivity index (χ3v) is 2.68. The van der Waals surface area contributed by atoms with Crippen molar-refractivity contribution in [2.24, 2.45) is 0 Å². The maximum atomic E-state index is 11.3. The van der Waals surface area contributed by atoms with Gasteiger partial charge in [-0.25, -0.2) is 0 Å². The summed E-state index contributed by atoms with van der Waals surface area (Å²) >= 11 is 0. The number of benzene rings is 2. The smallest absolute Gasteiger partial charge is 0.310 e. The maximum absolute atomic E-state index is 11.3. The Labute approximate surface area is 99.6 Å². The van der Waals surface area contributed by atoms with Crippen LogP contribution in [-0.2, 0) is 4.79 Å². The van der Waals surface area contributed by atoms with Gasteiger partial charge in [0.05, 0.1) is 0 Å². The van der Waals surface area contributed by atoms with Gasteiger partial charge in [0.2, 0.25) is 0 Å². The third kappa shape index (κ3) is 2.09. The van der Waals surface area contributed by atoms with Gasteiger partial charge < -0.3 is 9.84 Å². The quantitative estimate of drug-likeness (QED) is 0.636. The van der Waals surface area contributed by atoms with Crippen LogP contribution in [0.2, 0.25) is 0 Å². The molecule has 0 amide bonds. The molecule has 0 saturated carbocycles. The molecule has 88 valence electrons. The SMILES string of the molecule is CCC(=O)Oc1cc(C)c(O)c2ccccc12. The molecule has 0 radical (unpaired) electrons. The minimum absolute atomic E-state index is 0.233. The molecule has 0 bridgehead atoms. The molecule has 1 N–H and O–H groups in total. The summed E-state index contributed by atoms with van der Waals surface area (Å²) in [5.74, 6) is 0.458. The van der Waals surface area contributed by atoms with E-state index >= 15 is 0 Å². The fourth-order valence-electron chi connectivity index (χ4n) is 1.74. The van der Waals surface area contributed by atoms with Crippen molar-refractivity contribution in [3.8, 4) is 11.5 Å². The molecule has 0 atom stereocenters. The number of esters is 1. The molecule has 0 aliphatic rings. The van der Waals surface area contributed by atoms with Gasteiger partial charge in [0.1, 0.15) is 11.5 Å². The van der Waals surface area contributed by atoms with Gasteiger partial charge >= 0.3 is 5.97 Å². The van der Waals surface area contributed by atoms with Gasteiger partial charge in [-0.3, -0.25) is 4.79 Å². The first-order chi connectivity index (χ1) is 8.13. The molecule has 3 nitrogen and oxygen atoms in total. The molecule has 0 unspecified atom stereocenters. The Hall–Kier alpha value is -2.03. The van der Waals surface area contributed by atoms with Gasteiger partial charge in [-0.05, 0) is 18.6 Å². The van der Waals surface area contributed by atoms with Crippen molar-refractivity contribution < 1.29 is 14.6 Å². The second kappa shape index (κ2) is 4.45. The van der Waals surface area contributed by atoms with Gasteiger partial charge in [-0.15, -0.1) is 0 Å². The number of carbonyl (C=O) groups is 1. The molecule has 0 aliphatic carbocycles. The van der Waals surface area contributed by atoms with Crippen LogP contribution in [-0.4, -0.2) is 11.1 Å². The minimum atomic E-state index is -0.278. The zero-order valence-corrected chi connectivity index (χ0v) is 9.86. The van der Waals surface area contributed by atoms with E-state index in [1.807, 2.05) is 18.2 Å². The van der Waals surface area contributed by atoms with Crippen molar-refractivity contribution in [1.82, 2.24) is 0 Å². The van der Waals surface area contributed by atoms with Crippen LogP contribution in [0.5, 0.6) is 11.5 Å². The Kier molecular flexibility index (Phi) is 3.00. The van der Waals surface area contributed by atoms with Crippen LogP contribution in [0.4, 0.5) is 0 Å². The van der Waals surface area contributed by atoms with E-state index in [0.29, 0.717) is 23.1 Å². The van der Waals surface area contributed by atoms with Crippen molar-refractivity contribution in [2.45, 2.75) is 20.3 Å². The zero-order chi connectivity index (χ0) is 12.4. The summed E-state index contributed by atoms with van der Waals surface area (Å²) in [5, 5.41) is 11.4. The van der Waals surface area contributed by atoms with Crippen LogP contribution in [0.15, 0.2) is 30.3 Å². The molecular formula is C14H14O3. The average molecular weight is 230 g/mol. The Balaban J connectivity index is 2.63. The molecular weight excluding hydrogens is 216 g/mol.